The van der Waals surface area contributed by atoms with Crippen molar-refractivity contribution < 1.29 is 4.48 Å². The molecule has 0 saturated heterocycles. The maximum Gasteiger partial charge on any atom is 0.107 e. The molecule has 0 amide bonds. The van der Waals surface area contributed by atoms with Gasteiger partial charge in [0.25, 0.3) is 0 Å². The molecule has 1 aromatic rings. The van der Waals surface area contributed by atoms with Gasteiger partial charge in [-0.2, -0.15) is 0 Å². The topological polar surface area (TPSA) is 3.24 Å². The molecule has 0 saturated carbocycles. The molecule has 0 spiro atoms. The van der Waals surface area contributed by atoms with Crippen molar-refractivity contribution in [3.8, 4) is 0 Å². The maximum absolute atomic E-state index is 6.31. The van der Waals surface area contributed by atoms with Crippen molar-refractivity contribution in [1.82, 2.24) is 4.90 Å². The van der Waals surface area contributed by atoms with E-state index in [0.717, 1.165) is 41.8 Å². The van der Waals surface area contributed by atoms with Gasteiger partial charge < -0.3 is 9.38 Å². The number of rotatable bonds is 3. The second kappa shape index (κ2) is 5.59. The van der Waals surface area contributed by atoms with Crippen LogP contribution in [0.1, 0.15) is 11.1 Å². The van der Waals surface area contributed by atoms with Crippen LogP contribution in [0.25, 0.3) is 0 Å². The molecule has 2 rings (SSSR count). The molecule has 0 N–H and O–H groups in total. The van der Waals surface area contributed by atoms with Gasteiger partial charge in [-0.1, -0.05) is 46.4 Å². The highest BCUT2D eigenvalue weighted by molar-refractivity contribution is 6.52. The molecule has 0 unspecified atom stereocenters. The van der Waals surface area contributed by atoms with Gasteiger partial charge in [-0.15, -0.1) is 0 Å². The van der Waals surface area contributed by atoms with Crippen LogP contribution in [-0.2, 0) is 13.1 Å². The molecule has 0 radical (unpaired) electrons. The Morgan fingerprint density at radius 3 is 1.68 bits per heavy atom. The molecular weight excluding hydrogens is 326 g/mol. The lowest BCUT2D eigenvalue weighted by molar-refractivity contribution is -0.928. The summed E-state index contributed by atoms with van der Waals surface area (Å²) in [6.45, 7) is 3.74. The molecule has 1 aliphatic heterocycles. The second-order valence-corrected chi connectivity index (χ2v) is 7.19. The average molecular weight is 343 g/mol. The van der Waals surface area contributed by atoms with Crippen molar-refractivity contribution in [2.24, 2.45) is 0 Å². The molecule has 0 atom stereocenters. The molecule has 0 aliphatic carbocycles. The molecular formula is C13H17Cl4N2+. The normalized spacial score (nSPS) is 17.1. The van der Waals surface area contributed by atoms with Gasteiger partial charge in [-0.3, -0.25) is 0 Å². The molecule has 1 aliphatic rings. The van der Waals surface area contributed by atoms with E-state index in [2.05, 4.69) is 26.0 Å². The summed E-state index contributed by atoms with van der Waals surface area (Å²) >= 11 is 24.9. The number of benzene rings is 1. The van der Waals surface area contributed by atoms with E-state index in [1.807, 2.05) is 0 Å². The molecule has 1 heterocycles. The van der Waals surface area contributed by atoms with Gasteiger partial charge in [-0.25, -0.2) is 0 Å². The number of likely N-dealkylation sites (N-methyl/N-ethyl adjacent to an activating group) is 2. The lowest BCUT2D eigenvalue weighted by Crippen LogP contribution is -2.43. The van der Waals surface area contributed by atoms with Crippen molar-refractivity contribution >= 4 is 46.4 Å². The Hall–Kier alpha value is 0.300. The van der Waals surface area contributed by atoms with Gasteiger partial charge in [0.1, 0.15) is 13.1 Å². The highest BCUT2D eigenvalue weighted by atomic mass is 35.5. The monoisotopic (exact) mass is 341 g/mol. The van der Waals surface area contributed by atoms with Crippen LogP contribution in [0, 0.1) is 0 Å². The summed E-state index contributed by atoms with van der Waals surface area (Å²) in [5.41, 5.74) is 2.09. The summed E-state index contributed by atoms with van der Waals surface area (Å²) in [4.78, 5) is 2.18. The van der Waals surface area contributed by atoms with Crippen LogP contribution >= 0.6 is 46.4 Å². The molecule has 1 aromatic carbocycles. The Bertz CT molecular complexity index is 477. The van der Waals surface area contributed by atoms with Crippen LogP contribution in [0.3, 0.4) is 0 Å². The van der Waals surface area contributed by atoms with E-state index in [9.17, 15) is 0 Å². The van der Waals surface area contributed by atoms with Gasteiger partial charge in [0.15, 0.2) is 0 Å². The second-order valence-electron chi connectivity index (χ2n) is 5.68. The van der Waals surface area contributed by atoms with E-state index < -0.39 is 0 Å². The molecule has 106 valence electrons. The van der Waals surface area contributed by atoms with Crippen molar-refractivity contribution in [2.45, 2.75) is 13.1 Å². The van der Waals surface area contributed by atoms with Crippen LogP contribution in [-0.4, -0.2) is 43.6 Å². The smallest absolute Gasteiger partial charge is 0.107 e. The molecule has 0 fully saturated rings. The fourth-order valence-corrected chi connectivity index (χ4v) is 3.52. The van der Waals surface area contributed by atoms with E-state index in [-0.39, 0.29) is 0 Å². The van der Waals surface area contributed by atoms with Gasteiger partial charge in [-0.05, 0) is 14.1 Å². The summed E-state index contributed by atoms with van der Waals surface area (Å²) in [6.07, 6.45) is 0. The van der Waals surface area contributed by atoms with Crippen LogP contribution in [0.2, 0.25) is 20.1 Å². The van der Waals surface area contributed by atoms with Crippen molar-refractivity contribution in [2.75, 3.05) is 34.2 Å². The SMILES string of the molecule is CN(C)CC[N+]1(C)Cc2c(Cl)c(Cl)c(Cl)c(Cl)c2C1. The van der Waals surface area contributed by atoms with Crippen molar-refractivity contribution in [3.63, 3.8) is 0 Å². The van der Waals surface area contributed by atoms with Crippen LogP contribution in [0.4, 0.5) is 0 Å². The number of hydrogen-bond donors (Lipinski definition) is 0. The largest absolute Gasteiger partial charge is 0.317 e. The summed E-state index contributed by atoms with van der Waals surface area (Å²) in [5, 5.41) is 1.84. The van der Waals surface area contributed by atoms with Gasteiger partial charge in [0, 0.05) is 17.7 Å². The molecule has 2 nitrogen and oxygen atoms in total. The minimum absolute atomic E-state index is 0.369. The van der Waals surface area contributed by atoms with Crippen LogP contribution in [0.5, 0.6) is 0 Å². The Morgan fingerprint density at radius 1 is 0.895 bits per heavy atom. The van der Waals surface area contributed by atoms with E-state index >= 15 is 0 Å². The zero-order chi connectivity index (χ0) is 14.4. The first kappa shape index (κ1) is 15.7. The summed E-state index contributed by atoms with van der Waals surface area (Å²) < 4.78 is 0.879. The summed E-state index contributed by atoms with van der Waals surface area (Å²) in [6, 6.07) is 0. The van der Waals surface area contributed by atoms with Crippen LogP contribution in [0.15, 0.2) is 0 Å². The number of fused-ring (bicyclic) bond motifs is 1. The molecule has 0 bridgehead atoms. The molecule has 0 aromatic heterocycles. The van der Waals surface area contributed by atoms with Gasteiger partial charge in [0.2, 0.25) is 0 Å². The molecule has 6 heteroatoms. The quantitative estimate of drug-likeness (QED) is 0.449. The Balaban J connectivity index is 2.34. The number of quaternary nitrogens is 1. The third kappa shape index (κ3) is 2.99. The lowest BCUT2D eigenvalue weighted by Gasteiger charge is -2.30. The molecule has 19 heavy (non-hydrogen) atoms. The third-order valence-electron chi connectivity index (χ3n) is 3.64. The standard InChI is InChI=1S/C13H17Cl4N2/c1-18(2)4-5-19(3)6-8-9(7-19)11(15)13(17)12(16)10(8)14/h4-7H2,1-3H3/q+1. The minimum Gasteiger partial charge on any atom is -0.317 e. The number of nitrogens with zero attached hydrogens (tertiary/aromatic N) is 2. The zero-order valence-corrected chi connectivity index (χ0v) is 14.3. The fourth-order valence-electron chi connectivity index (χ4n) is 2.47. The van der Waals surface area contributed by atoms with E-state index in [0.29, 0.717) is 20.1 Å². The van der Waals surface area contributed by atoms with Crippen LogP contribution < -0.4 is 0 Å². The first-order valence-corrected chi connectivity index (χ1v) is 7.58. The van der Waals surface area contributed by atoms with E-state index in [1.54, 1.807) is 0 Å². The highest BCUT2D eigenvalue weighted by Gasteiger charge is 2.37. The van der Waals surface area contributed by atoms with Gasteiger partial charge >= 0.3 is 0 Å². The number of hydrogen-bond acceptors (Lipinski definition) is 1. The Morgan fingerprint density at radius 2 is 1.32 bits per heavy atom. The zero-order valence-electron chi connectivity index (χ0n) is 11.2. The predicted molar refractivity (Wildman–Crippen MR) is 83.5 cm³/mol. The summed E-state index contributed by atoms with van der Waals surface area (Å²) in [7, 11) is 6.35. The predicted octanol–water partition coefficient (Wildman–Crippen LogP) is 4.32. The number of halogens is 4. The maximum atomic E-state index is 6.31. The average Bonchev–Trinajstić information content (AvgIpc) is 2.71. The lowest BCUT2D eigenvalue weighted by atomic mass is 10.1. The Labute approximate surface area is 134 Å². The van der Waals surface area contributed by atoms with Crippen molar-refractivity contribution in [3.05, 3.63) is 31.2 Å². The first-order chi connectivity index (χ1) is 8.75. The van der Waals surface area contributed by atoms with Crippen molar-refractivity contribution in [1.29, 1.82) is 0 Å². The highest BCUT2D eigenvalue weighted by Crippen LogP contribution is 2.46. The first-order valence-electron chi connectivity index (χ1n) is 6.07. The van der Waals surface area contributed by atoms with E-state index in [4.69, 9.17) is 46.4 Å². The van der Waals surface area contributed by atoms with E-state index in [1.165, 1.54) is 0 Å². The van der Waals surface area contributed by atoms with Gasteiger partial charge in [0.05, 0.1) is 33.7 Å². The minimum atomic E-state index is 0.369. The fraction of sp³-hybridized carbons (Fsp3) is 0.538. The Kier molecular flexibility index (Phi) is 4.61. The third-order valence-corrected chi connectivity index (χ3v) is 5.52. The summed E-state index contributed by atoms with van der Waals surface area (Å²) in [5.74, 6) is 0.